The smallest absolute Gasteiger partial charge is 0.322 e. The molecule has 1 aliphatic rings. The second-order valence-electron chi connectivity index (χ2n) is 6.83. The van der Waals surface area contributed by atoms with E-state index in [4.69, 9.17) is 13.6 Å². The lowest BCUT2D eigenvalue weighted by atomic mass is 10.1. The van der Waals surface area contributed by atoms with E-state index >= 15 is 0 Å². The van der Waals surface area contributed by atoms with E-state index in [1.807, 2.05) is 6.92 Å². The molecular weight excluding hydrogens is 376 g/mol. The highest BCUT2D eigenvalue weighted by Crippen LogP contribution is 2.29. The van der Waals surface area contributed by atoms with Crippen molar-refractivity contribution in [2.45, 2.75) is 20.3 Å². The SMILES string of the molecule is COc1ccc(N2CC(C(=O)Nc3nnc(-c4cc(C)oc4C)o3)CC2=O)cc1. The molecule has 1 fully saturated rings. The first-order valence-corrected chi connectivity index (χ1v) is 9.11. The largest absolute Gasteiger partial charge is 0.497 e. The number of aryl methyl sites for hydroxylation is 2. The molecule has 3 aromatic rings. The summed E-state index contributed by atoms with van der Waals surface area (Å²) in [5.41, 5.74) is 1.40. The van der Waals surface area contributed by atoms with Crippen molar-refractivity contribution in [2.75, 3.05) is 23.9 Å². The van der Waals surface area contributed by atoms with Gasteiger partial charge in [-0.2, -0.15) is 0 Å². The molecule has 0 aliphatic carbocycles. The summed E-state index contributed by atoms with van der Waals surface area (Å²) < 4.78 is 16.1. The van der Waals surface area contributed by atoms with Crippen LogP contribution >= 0.6 is 0 Å². The Labute approximate surface area is 166 Å². The number of anilines is 2. The summed E-state index contributed by atoms with van der Waals surface area (Å²) in [7, 11) is 1.58. The lowest BCUT2D eigenvalue weighted by Gasteiger charge is -2.16. The number of ether oxygens (including phenoxy) is 1. The average Bonchev–Trinajstić information content (AvgIpc) is 3.40. The van der Waals surface area contributed by atoms with Gasteiger partial charge in [-0.3, -0.25) is 14.9 Å². The van der Waals surface area contributed by atoms with E-state index in [1.54, 1.807) is 49.3 Å². The van der Waals surface area contributed by atoms with Gasteiger partial charge in [0.25, 0.3) is 5.89 Å². The van der Waals surface area contributed by atoms with Crippen LogP contribution < -0.4 is 15.0 Å². The molecule has 1 saturated heterocycles. The van der Waals surface area contributed by atoms with Gasteiger partial charge in [0.15, 0.2) is 0 Å². The van der Waals surface area contributed by atoms with Gasteiger partial charge in [-0.1, -0.05) is 5.10 Å². The van der Waals surface area contributed by atoms with Crippen LogP contribution in [0.5, 0.6) is 5.75 Å². The summed E-state index contributed by atoms with van der Waals surface area (Å²) in [6, 6.07) is 8.90. The van der Waals surface area contributed by atoms with Gasteiger partial charge in [-0.05, 0) is 44.2 Å². The fourth-order valence-electron chi connectivity index (χ4n) is 3.33. The molecule has 0 radical (unpaired) electrons. The van der Waals surface area contributed by atoms with E-state index < -0.39 is 5.92 Å². The molecule has 1 atom stereocenters. The average molecular weight is 396 g/mol. The number of carbonyl (C=O) groups is 2. The van der Waals surface area contributed by atoms with Gasteiger partial charge in [0, 0.05) is 18.7 Å². The molecule has 2 aromatic heterocycles. The summed E-state index contributed by atoms with van der Waals surface area (Å²) in [6.45, 7) is 3.89. The zero-order chi connectivity index (χ0) is 20.5. The highest BCUT2D eigenvalue weighted by atomic mass is 16.5. The second kappa shape index (κ2) is 7.42. The van der Waals surface area contributed by atoms with E-state index in [-0.39, 0.29) is 36.7 Å². The van der Waals surface area contributed by atoms with Gasteiger partial charge in [-0.15, -0.1) is 5.10 Å². The molecule has 4 rings (SSSR count). The molecule has 1 aromatic carbocycles. The van der Waals surface area contributed by atoms with Crippen LogP contribution in [0.15, 0.2) is 39.2 Å². The number of hydrogen-bond donors (Lipinski definition) is 1. The lowest BCUT2D eigenvalue weighted by Crippen LogP contribution is -2.28. The Bertz CT molecular complexity index is 1050. The fourth-order valence-corrected chi connectivity index (χ4v) is 3.33. The Morgan fingerprint density at radius 1 is 1.21 bits per heavy atom. The third-order valence-electron chi connectivity index (χ3n) is 4.81. The van der Waals surface area contributed by atoms with E-state index in [0.717, 1.165) is 11.4 Å². The zero-order valence-electron chi connectivity index (χ0n) is 16.3. The van der Waals surface area contributed by atoms with Crippen molar-refractivity contribution in [1.29, 1.82) is 0 Å². The van der Waals surface area contributed by atoms with Gasteiger partial charge in [-0.25, -0.2) is 0 Å². The predicted molar refractivity (Wildman–Crippen MR) is 104 cm³/mol. The number of amides is 2. The van der Waals surface area contributed by atoms with Crippen LogP contribution in [-0.2, 0) is 9.59 Å². The topological polar surface area (TPSA) is 111 Å². The lowest BCUT2D eigenvalue weighted by molar-refractivity contribution is -0.122. The first-order chi connectivity index (χ1) is 13.9. The molecule has 3 heterocycles. The first-order valence-electron chi connectivity index (χ1n) is 9.11. The Morgan fingerprint density at radius 2 is 1.97 bits per heavy atom. The molecule has 150 valence electrons. The summed E-state index contributed by atoms with van der Waals surface area (Å²) in [5.74, 6) is 1.36. The molecule has 0 spiro atoms. The van der Waals surface area contributed by atoms with Crippen molar-refractivity contribution in [1.82, 2.24) is 10.2 Å². The minimum atomic E-state index is -0.516. The third kappa shape index (κ3) is 3.71. The number of aromatic nitrogens is 2. The summed E-state index contributed by atoms with van der Waals surface area (Å²) in [6.07, 6.45) is 0.110. The third-order valence-corrected chi connectivity index (χ3v) is 4.81. The molecule has 0 bridgehead atoms. The van der Waals surface area contributed by atoms with Gasteiger partial charge in [0.1, 0.15) is 17.3 Å². The van der Waals surface area contributed by atoms with Crippen molar-refractivity contribution < 1.29 is 23.2 Å². The highest BCUT2D eigenvalue weighted by Gasteiger charge is 2.35. The Hall–Kier alpha value is -3.62. The zero-order valence-corrected chi connectivity index (χ0v) is 16.3. The number of furan rings is 1. The quantitative estimate of drug-likeness (QED) is 0.706. The number of methoxy groups -OCH3 is 1. The van der Waals surface area contributed by atoms with Gasteiger partial charge >= 0.3 is 6.01 Å². The van der Waals surface area contributed by atoms with Crippen LogP contribution in [-0.4, -0.2) is 35.7 Å². The summed E-state index contributed by atoms with van der Waals surface area (Å²) in [5, 5.41) is 10.4. The second-order valence-corrected chi connectivity index (χ2v) is 6.83. The number of benzene rings is 1. The summed E-state index contributed by atoms with van der Waals surface area (Å²) >= 11 is 0. The molecule has 9 nitrogen and oxygen atoms in total. The molecule has 1 aliphatic heterocycles. The maximum atomic E-state index is 12.6. The van der Waals surface area contributed by atoms with Crippen LogP contribution in [0.25, 0.3) is 11.5 Å². The van der Waals surface area contributed by atoms with Gasteiger partial charge < -0.3 is 18.5 Å². The molecule has 9 heteroatoms. The number of nitrogens with one attached hydrogen (secondary N) is 1. The first kappa shape index (κ1) is 18.7. The number of nitrogens with zero attached hydrogens (tertiary/aromatic N) is 3. The van der Waals surface area contributed by atoms with E-state index in [0.29, 0.717) is 17.1 Å². The molecule has 2 amide bonds. The van der Waals surface area contributed by atoms with E-state index in [2.05, 4.69) is 15.5 Å². The Balaban J connectivity index is 1.43. The van der Waals surface area contributed by atoms with Crippen LogP contribution in [0.3, 0.4) is 0 Å². The van der Waals surface area contributed by atoms with E-state index in [1.165, 1.54) is 0 Å². The summed E-state index contributed by atoms with van der Waals surface area (Å²) in [4.78, 5) is 26.6. The Kier molecular flexibility index (Phi) is 4.79. The number of rotatable bonds is 5. The highest BCUT2D eigenvalue weighted by molar-refractivity contribution is 6.03. The normalized spacial score (nSPS) is 16.3. The van der Waals surface area contributed by atoms with Crippen molar-refractivity contribution in [3.8, 4) is 17.2 Å². The van der Waals surface area contributed by atoms with Gasteiger partial charge in [0.05, 0.1) is 18.6 Å². The van der Waals surface area contributed by atoms with Crippen LogP contribution in [0, 0.1) is 19.8 Å². The van der Waals surface area contributed by atoms with Crippen LogP contribution in [0.4, 0.5) is 11.7 Å². The molecule has 1 N–H and O–H groups in total. The predicted octanol–water partition coefficient (Wildman–Crippen LogP) is 2.95. The molecule has 0 saturated carbocycles. The standard InChI is InChI=1S/C20H20N4O5/c1-11-8-16(12(2)28-11)19-22-23-20(29-19)21-18(26)13-9-17(25)24(10-13)14-4-6-15(27-3)7-5-14/h4-8,13H,9-10H2,1-3H3,(H,21,23,26). The van der Waals surface area contributed by atoms with Crippen molar-refractivity contribution in [3.63, 3.8) is 0 Å². The van der Waals surface area contributed by atoms with Gasteiger partial charge in [0.2, 0.25) is 11.8 Å². The molecule has 1 unspecified atom stereocenters. The number of carbonyl (C=O) groups excluding carboxylic acids is 2. The van der Waals surface area contributed by atoms with Crippen LogP contribution in [0.2, 0.25) is 0 Å². The molecular formula is C20H20N4O5. The van der Waals surface area contributed by atoms with Crippen LogP contribution in [0.1, 0.15) is 17.9 Å². The number of hydrogen-bond acceptors (Lipinski definition) is 7. The monoisotopic (exact) mass is 396 g/mol. The maximum absolute atomic E-state index is 12.6. The fraction of sp³-hybridized carbons (Fsp3) is 0.300. The van der Waals surface area contributed by atoms with Crippen molar-refractivity contribution in [2.24, 2.45) is 5.92 Å². The van der Waals surface area contributed by atoms with E-state index in [9.17, 15) is 9.59 Å². The molecule has 29 heavy (non-hydrogen) atoms. The maximum Gasteiger partial charge on any atom is 0.322 e. The van der Waals surface area contributed by atoms with Crippen molar-refractivity contribution in [3.05, 3.63) is 41.9 Å². The Morgan fingerprint density at radius 3 is 2.62 bits per heavy atom. The minimum Gasteiger partial charge on any atom is -0.497 e. The minimum absolute atomic E-state index is 0.0152. The van der Waals surface area contributed by atoms with Crippen molar-refractivity contribution >= 4 is 23.5 Å².